The number of hydrogen-bond acceptors (Lipinski definition) is 6. The third-order valence-electron chi connectivity index (χ3n) is 6.07. The Labute approximate surface area is 200 Å². The largest absolute Gasteiger partial charge is 0.496 e. The van der Waals surface area contributed by atoms with Crippen molar-refractivity contribution in [2.45, 2.75) is 42.7 Å². The summed E-state index contributed by atoms with van der Waals surface area (Å²) in [5, 5.41) is -0.216. The summed E-state index contributed by atoms with van der Waals surface area (Å²) in [6, 6.07) is 18.6. The van der Waals surface area contributed by atoms with E-state index in [1.165, 1.54) is 4.57 Å². The van der Waals surface area contributed by atoms with E-state index in [0.717, 1.165) is 41.8 Å². The molecule has 0 saturated carbocycles. The van der Waals surface area contributed by atoms with Gasteiger partial charge in [-0.2, -0.15) is 0 Å². The second kappa shape index (κ2) is 9.77. The number of carbonyl (C=O) groups is 1. The van der Waals surface area contributed by atoms with E-state index < -0.39 is 22.1 Å². The Hall–Kier alpha value is -3.52. The van der Waals surface area contributed by atoms with Crippen molar-refractivity contribution in [3.05, 3.63) is 83.7 Å². The highest BCUT2D eigenvalue weighted by Crippen LogP contribution is 2.38. The van der Waals surface area contributed by atoms with Gasteiger partial charge in [-0.1, -0.05) is 48.9 Å². The molecule has 0 N–H and O–H groups in total. The van der Waals surface area contributed by atoms with Crippen molar-refractivity contribution < 1.29 is 18.5 Å². The van der Waals surface area contributed by atoms with Crippen LogP contribution in [0.25, 0.3) is 11.0 Å². The van der Waals surface area contributed by atoms with Crippen LogP contribution in [0.2, 0.25) is 0 Å². The van der Waals surface area contributed by atoms with E-state index in [4.69, 9.17) is 9.47 Å². The Morgan fingerprint density at radius 2 is 1.88 bits per heavy atom. The highest BCUT2D eigenvalue weighted by molar-refractivity contribution is 7.85. The molecule has 8 heteroatoms. The molecule has 4 aromatic rings. The normalized spacial score (nSPS) is 16.4. The van der Waals surface area contributed by atoms with Gasteiger partial charge in [0.15, 0.2) is 0 Å². The molecule has 5 rings (SSSR count). The number of carbonyl (C=O) groups excluding carboxylic acids is 1. The minimum atomic E-state index is -1.63. The van der Waals surface area contributed by atoms with Crippen molar-refractivity contribution in [1.29, 1.82) is 0 Å². The van der Waals surface area contributed by atoms with Crippen LogP contribution in [-0.4, -0.2) is 31.9 Å². The molecule has 1 aliphatic carbocycles. The molecule has 0 amide bonds. The average molecular weight is 476 g/mol. The van der Waals surface area contributed by atoms with Crippen LogP contribution in [-0.2, 0) is 28.6 Å². The molecular weight excluding hydrogens is 450 g/mol. The number of rotatable bonds is 5. The first-order valence-corrected chi connectivity index (χ1v) is 12.5. The molecule has 0 spiro atoms. The number of ether oxygens (including phenoxy) is 2. The Morgan fingerprint density at radius 1 is 1.09 bits per heavy atom. The molecule has 0 aliphatic heterocycles. The fourth-order valence-electron chi connectivity index (χ4n) is 4.41. The lowest BCUT2D eigenvalue weighted by Crippen LogP contribution is -2.20. The molecule has 34 heavy (non-hydrogen) atoms. The third-order valence-corrected chi connectivity index (χ3v) is 7.68. The highest BCUT2D eigenvalue weighted by atomic mass is 32.2. The van der Waals surface area contributed by atoms with Crippen molar-refractivity contribution in [2.24, 2.45) is 0 Å². The SMILES string of the molecule is COc1ccnc2c1CCCCC2S(=O)c1nc2ccccc2n1C(=O)OCc1ccccc1. The van der Waals surface area contributed by atoms with Gasteiger partial charge in [-0.25, -0.2) is 14.3 Å². The Bertz CT molecular complexity index is 1350. The van der Waals surface area contributed by atoms with Gasteiger partial charge in [0.1, 0.15) is 12.4 Å². The Kier molecular flexibility index (Phi) is 6.40. The van der Waals surface area contributed by atoms with Gasteiger partial charge >= 0.3 is 6.09 Å². The summed E-state index contributed by atoms with van der Waals surface area (Å²) >= 11 is 0. The van der Waals surface area contributed by atoms with E-state index in [1.807, 2.05) is 48.5 Å². The van der Waals surface area contributed by atoms with Gasteiger partial charge in [0.25, 0.3) is 0 Å². The van der Waals surface area contributed by atoms with E-state index in [0.29, 0.717) is 17.5 Å². The zero-order valence-corrected chi connectivity index (χ0v) is 19.7. The van der Waals surface area contributed by atoms with Gasteiger partial charge in [0.2, 0.25) is 5.16 Å². The molecule has 1 aliphatic rings. The predicted octanol–water partition coefficient (Wildman–Crippen LogP) is 5.20. The summed E-state index contributed by atoms with van der Waals surface area (Å²) in [6.45, 7) is 0.114. The lowest BCUT2D eigenvalue weighted by Gasteiger charge is -2.18. The molecule has 0 fully saturated rings. The smallest absolute Gasteiger partial charge is 0.421 e. The van der Waals surface area contributed by atoms with Crippen LogP contribution in [0.1, 0.15) is 41.3 Å². The third kappa shape index (κ3) is 4.21. The molecule has 0 saturated heterocycles. The first-order valence-electron chi connectivity index (χ1n) is 11.3. The number of hydrogen-bond donors (Lipinski definition) is 0. The van der Waals surface area contributed by atoms with E-state index in [-0.39, 0.29) is 11.8 Å². The van der Waals surface area contributed by atoms with Crippen molar-refractivity contribution in [3.63, 3.8) is 0 Å². The fraction of sp³-hybridized carbons (Fsp3) is 0.269. The van der Waals surface area contributed by atoms with Crippen LogP contribution >= 0.6 is 0 Å². The van der Waals surface area contributed by atoms with Gasteiger partial charge in [-0.15, -0.1) is 0 Å². The number of benzene rings is 2. The van der Waals surface area contributed by atoms with E-state index >= 15 is 0 Å². The average Bonchev–Trinajstić information content (AvgIpc) is 3.13. The minimum Gasteiger partial charge on any atom is -0.496 e. The van der Waals surface area contributed by atoms with Gasteiger partial charge in [-0.3, -0.25) is 9.19 Å². The molecule has 2 heterocycles. The molecule has 0 radical (unpaired) electrons. The number of imidazole rings is 1. The zero-order valence-electron chi connectivity index (χ0n) is 18.8. The maximum absolute atomic E-state index is 14.0. The second-order valence-electron chi connectivity index (χ2n) is 8.17. The lowest BCUT2D eigenvalue weighted by molar-refractivity contribution is 0.140. The fourth-order valence-corrected chi connectivity index (χ4v) is 6.00. The zero-order chi connectivity index (χ0) is 23.5. The summed E-state index contributed by atoms with van der Waals surface area (Å²) in [5.41, 5.74) is 3.77. The molecule has 174 valence electrons. The quantitative estimate of drug-likeness (QED) is 0.369. The molecule has 2 aromatic carbocycles. The highest BCUT2D eigenvalue weighted by Gasteiger charge is 2.33. The number of fused-ring (bicyclic) bond motifs is 2. The van der Waals surface area contributed by atoms with Crippen LogP contribution in [0.3, 0.4) is 0 Å². The Balaban J connectivity index is 1.54. The van der Waals surface area contributed by atoms with Crippen LogP contribution in [0.15, 0.2) is 72.0 Å². The number of pyridine rings is 1. The van der Waals surface area contributed by atoms with E-state index in [9.17, 15) is 9.00 Å². The molecule has 7 nitrogen and oxygen atoms in total. The summed E-state index contributed by atoms with van der Waals surface area (Å²) < 4.78 is 26.5. The van der Waals surface area contributed by atoms with Crippen molar-refractivity contribution in [2.75, 3.05) is 7.11 Å². The van der Waals surface area contributed by atoms with Gasteiger partial charge in [-0.05, 0) is 43.0 Å². The van der Waals surface area contributed by atoms with Crippen molar-refractivity contribution in [1.82, 2.24) is 14.5 Å². The van der Waals surface area contributed by atoms with Gasteiger partial charge in [0.05, 0.1) is 39.9 Å². The number of methoxy groups -OCH3 is 1. The van der Waals surface area contributed by atoms with E-state index in [2.05, 4.69) is 9.97 Å². The number of para-hydroxylation sites is 2. The maximum Gasteiger partial charge on any atom is 0.421 e. The molecule has 2 unspecified atom stereocenters. The molecule has 2 aromatic heterocycles. The summed E-state index contributed by atoms with van der Waals surface area (Å²) in [6.07, 6.45) is 4.43. The van der Waals surface area contributed by atoms with E-state index in [1.54, 1.807) is 25.4 Å². The predicted molar refractivity (Wildman–Crippen MR) is 129 cm³/mol. The van der Waals surface area contributed by atoms with Crippen LogP contribution in [0, 0.1) is 0 Å². The van der Waals surface area contributed by atoms with Crippen molar-refractivity contribution in [3.8, 4) is 5.75 Å². The lowest BCUT2D eigenvalue weighted by atomic mass is 10.1. The van der Waals surface area contributed by atoms with Crippen LogP contribution in [0.5, 0.6) is 5.75 Å². The number of aromatic nitrogens is 3. The topological polar surface area (TPSA) is 83.3 Å². The van der Waals surface area contributed by atoms with Gasteiger partial charge < -0.3 is 9.47 Å². The maximum atomic E-state index is 14.0. The summed E-state index contributed by atoms with van der Waals surface area (Å²) in [5.74, 6) is 0.754. The minimum absolute atomic E-state index is 0.114. The van der Waals surface area contributed by atoms with Crippen LogP contribution < -0.4 is 4.74 Å². The molecular formula is C26H25N3O4S. The number of nitrogens with zero attached hydrogens (tertiary/aromatic N) is 3. The first-order chi connectivity index (χ1) is 16.7. The van der Waals surface area contributed by atoms with Crippen LogP contribution in [0.4, 0.5) is 4.79 Å². The first kappa shape index (κ1) is 22.3. The summed E-state index contributed by atoms with van der Waals surface area (Å²) in [7, 11) is 0.00110. The standard InChI is InChI=1S/C26H25N3O4S/c1-32-22-15-16-27-24-19(22)11-5-8-14-23(24)34(31)25-28-20-12-6-7-13-21(20)29(25)26(30)33-17-18-9-3-2-4-10-18/h2-4,6-7,9-10,12-13,15-16,23H,5,8,11,14,17H2,1H3. The Morgan fingerprint density at radius 3 is 2.71 bits per heavy atom. The molecule has 2 atom stereocenters. The van der Waals surface area contributed by atoms with Gasteiger partial charge in [0, 0.05) is 11.8 Å². The van der Waals surface area contributed by atoms with Crippen molar-refractivity contribution >= 4 is 27.9 Å². The summed E-state index contributed by atoms with van der Waals surface area (Å²) in [4.78, 5) is 22.5. The second-order valence-corrected chi connectivity index (χ2v) is 9.70. The molecule has 0 bridgehead atoms. The monoisotopic (exact) mass is 475 g/mol.